The van der Waals surface area contributed by atoms with Gasteiger partial charge < -0.3 is 0 Å². The molecule has 0 aliphatic rings. The van der Waals surface area contributed by atoms with Gasteiger partial charge in [-0.3, -0.25) is 0 Å². The van der Waals surface area contributed by atoms with E-state index in [0.29, 0.717) is 0 Å². The molecule has 0 aliphatic carbocycles. The van der Waals surface area contributed by atoms with Gasteiger partial charge in [0, 0.05) is 0 Å². The average molecular weight is 344 g/mol. The van der Waals surface area contributed by atoms with Gasteiger partial charge in [-0.05, 0) is 42.2 Å². The third-order valence-electron chi connectivity index (χ3n) is 4.24. The highest BCUT2D eigenvalue weighted by Crippen LogP contribution is 2.46. The van der Waals surface area contributed by atoms with Crippen LogP contribution in [-0.4, -0.2) is 0 Å². The van der Waals surface area contributed by atoms with Gasteiger partial charge in [-0.15, -0.1) is 0 Å². The molecule has 0 N–H and O–H groups in total. The van der Waals surface area contributed by atoms with Gasteiger partial charge in [0.25, 0.3) is 0 Å². The molecule has 3 rings (SSSR count). The maximum atomic E-state index is 2.42. The van der Waals surface area contributed by atoms with Gasteiger partial charge in [0.2, 0.25) is 0 Å². The van der Waals surface area contributed by atoms with E-state index in [4.69, 9.17) is 0 Å². The van der Waals surface area contributed by atoms with Crippen molar-refractivity contribution in [1.82, 2.24) is 0 Å². The van der Waals surface area contributed by atoms with Crippen molar-refractivity contribution in [3.05, 3.63) is 102 Å². The highest BCUT2D eigenvalue weighted by Gasteiger charge is 2.18. The molecule has 0 aromatic heterocycles. The van der Waals surface area contributed by atoms with Gasteiger partial charge in [-0.1, -0.05) is 110 Å². The number of allylic oxidation sites excluding steroid dienone is 1. The summed E-state index contributed by atoms with van der Waals surface area (Å²) in [5, 5.41) is 4.42. The molecule has 0 unspecified atom stereocenters. The Morgan fingerprint density at radius 3 is 1.68 bits per heavy atom. The predicted molar refractivity (Wildman–Crippen MR) is 113 cm³/mol. The monoisotopic (exact) mass is 344 g/mol. The van der Waals surface area contributed by atoms with Crippen LogP contribution in [0.4, 0.5) is 0 Å². The molecular weight excluding hydrogens is 319 g/mol. The fourth-order valence-corrected chi connectivity index (χ4v) is 5.54. The highest BCUT2D eigenvalue weighted by molar-refractivity contribution is 7.76. The molecular formula is C24H25P. The molecule has 0 radical (unpaired) electrons. The lowest BCUT2D eigenvalue weighted by Crippen LogP contribution is -2.13. The third kappa shape index (κ3) is 4.91. The minimum absolute atomic E-state index is 0.488. The molecule has 0 fully saturated rings. The molecule has 0 aliphatic heterocycles. The standard InChI is InChI=1S/C24H25P/c1-2-3-15-24(20-21-13-7-4-8-14-21)25(22-16-9-5-10-17-22)23-18-11-6-12-19-23/h4-14,16-20H,2-3,15H2,1H3. The Bertz CT molecular complexity index is 737. The Morgan fingerprint density at radius 1 is 0.720 bits per heavy atom. The summed E-state index contributed by atoms with van der Waals surface area (Å²) in [4.78, 5) is 0. The van der Waals surface area contributed by atoms with Gasteiger partial charge in [-0.25, -0.2) is 0 Å². The van der Waals surface area contributed by atoms with Crippen LogP contribution >= 0.6 is 7.92 Å². The van der Waals surface area contributed by atoms with Crippen molar-refractivity contribution in [3.63, 3.8) is 0 Å². The zero-order chi connectivity index (χ0) is 17.3. The smallest absolute Gasteiger partial charge is 0.0154 e. The van der Waals surface area contributed by atoms with Crippen LogP contribution in [0.1, 0.15) is 31.7 Å². The van der Waals surface area contributed by atoms with E-state index in [0.717, 1.165) is 6.42 Å². The highest BCUT2D eigenvalue weighted by atomic mass is 31.1. The van der Waals surface area contributed by atoms with Crippen LogP contribution in [0, 0.1) is 0 Å². The van der Waals surface area contributed by atoms with Gasteiger partial charge in [0.05, 0.1) is 0 Å². The minimum atomic E-state index is -0.488. The fraction of sp³-hybridized carbons (Fsp3) is 0.167. The van der Waals surface area contributed by atoms with Crippen molar-refractivity contribution >= 4 is 24.6 Å². The first-order valence-electron chi connectivity index (χ1n) is 9.04. The normalized spacial score (nSPS) is 11.7. The van der Waals surface area contributed by atoms with Crippen LogP contribution in [-0.2, 0) is 0 Å². The summed E-state index contributed by atoms with van der Waals surface area (Å²) in [6, 6.07) is 32.7. The van der Waals surface area contributed by atoms with Gasteiger partial charge in [0.15, 0.2) is 0 Å². The van der Waals surface area contributed by atoms with Crippen molar-refractivity contribution in [1.29, 1.82) is 0 Å². The summed E-state index contributed by atoms with van der Waals surface area (Å²) in [5.41, 5.74) is 1.30. The molecule has 0 heterocycles. The van der Waals surface area contributed by atoms with Crippen molar-refractivity contribution in [2.24, 2.45) is 0 Å². The number of unbranched alkanes of at least 4 members (excludes halogenated alkanes) is 1. The number of benzene rings is 3. The van der Waals surface area contributed by atoms with Gasteiger partial charge in [-0.2, -0.15) is 0 Å². The van der Waals surface area contributed by atoms with E-state index in [1.54, 1.807) is 5.31 Å². The SMILES string of the molecule is CCCCC(=Cc1ccccc1)P(c1ccccc1)c1ccccc1. The Balaban J connectivity index is 2.08. The molecule has 0 nitrogen and oxygen atoms in total. The molecule has 3 aromatic rings. The first kappa shape index (κ1) is 17.6. The minimum Gasteiger partial charge on any atom is -0.0654 e. The summed E-state index contributed by atoms with van der Waals surface area (Å²) in [6.07, 6.45) is 6.03. The molecule has 0 spiro atoms. The number of rotatable bonds is 7. The Labute approximate surface area is 153 Å². The van der Waals surface area contributed by atoms with Crippen LogP contribution in [0.5, 0.6) is 0 Å². The van der Waals surface area contributed by atoms with Gasteiger partial charge in [0.1, 0.15) is 0 Å². The van der Waals surface area contributed by atoms with E-state index >= 15 is 0 Å². The molecule has 0 bridgehead atoms. The van der Waals surface area contributed by atoms with Crippen LogP contribution in [0.25, 0.3) is 6.08 Å². The van der Waals surface area contributed by atoms with Crippen LogP contribution in [0.2, 0.25) is 0 Å². The summed E-state index contributed by atoms with van der Waals surface area (Å²) >= 11 is 0. The lowest BCUT2D eigenvalue weighted by molar-refractivity contribution is 0.810. The second kappa shape index (κ2) is 9.35. The summed E-state index contributed by atoms with van der Waals surface area (Å²) in [6.45, 7) is 2.27. The molecule has 0 amide bonds. The molecule has 3 aromatic carbocycles. The topological polar surface area (TPSA) is 0 Å². The zero-order valence-electron chi connectivity index (χ0n) is 14.8. The summed E-state index contributed by atoms with van der Waals surface area (Å²) in [7, 11) is -0.488. The molecule has 1 heteroatoms. The van der Waals surface area contributed by atoms with Gasteiger partial charge >= 0.3 is 0 Å². The number of hydrogen-bond acceptors (Lipinski definition) is 0. The molecule has 126 valence electrons. The van der Waals surface area contributed by atoms with Crippen molar-refractivity contribution < 1.29 is 0 Å². The van der Waals surface area contributed by atoms with Crippen molar-refractivity contribution in [2.75, 3.05) is 0 Å². The summed E-state index contributed by atoms with van der Waals surface area (Å²) < 4.78 is 0. The van der Waals surface area contributed by atoms with E-state index in [9.17, 15) is 0 Å². The van der Waals surface area contributed by atoms with E-state index in [-0.39, 0.29) is 0 Å². The predicted octanol–water partition coefficient (Wildman–Crippen LogP) is 6.35. The first-order chi connectivity index (χ1) is 12.4. The molecule has 0 atom stereocenters. The zero-order valence-corrected chi connectivity index (χ0v) is 15.7. The number of hydrogen-bond donors (Lipinski definition) is 0. The van der Waals surface area contributed by atoms with Crippen molar-refractivity contribution in [2.45, 2.75) is 26.2 Å². The Hall–Kier alpha value is -2.17. The molecule has 25 heavy (non-hydrogen) atoms. The summed E-state index contributed by atoms with van der Waals surface area (Å²) in [5.74, 6) is 0. The van der Waals surface area contributed by atoms with E-state index in [2.05, 4.69) is 104 Å². The second-order valence-electron chi connectivity index (χ2n) is 6.16. The Morgan fingerprint density at radius 2 is 1.20 bits per heavy atom. The lowest BCUT2D eigenvalue weighted by atomic mass is 10.1. The average Bonchev–Trinajstić information content (AvgIpc) is 2.69. The first-order valence-corrected chi connectivity index (χ1v) is 10.4. The second-order valence-corrected chi connectivity index (χ2v) is 8.43. The van der Waals surface area contributed by atoms with E-state index in [1.807, 2.05) is 0 Å². The Kier molecular flexibility index (Phi) is 6.60. The maximum absolute atomic E-state index is 2.42. The molecule has 0 saturated carbocycles. The molecule has 0 saturated heterocycles. The van der Waals surface area contributed by atoms with Crippen LogP contribution in [0.3, 0.4) is 0 Å². The van der Waals surface area contributed by atoms with Crippen molar-refractivity contribution in [3.8, 4) is 0 Å². The quantitative estimate of drug-likeness (QED) is 0.438. The third-order valence-corrected chi connectivity index (χ3v) is 6.79. The van der Waals surface area contributed by atoms with E-state index in [1.165, 1.54) is 29.0 Å². The maximum Gasteiger partial charge on any atom is -0.0154 e. The van der Waals surface area contributed by atoms with E-state index < -0.39 is 7.92 Å². The lowest BCUT2D eigenvalue weighted by Gasteiger charge is -2.22. The van der Waals surface area contributed by atoms with Crippen LogP contribution in [0.15, 0.2) is 96.3 Å². The fourth-order valence-electron chi connectivity index (χ4n) is 2.98. The largest absolute Gasteiger partial charge is 0.0654 e. The van der Waals surface area contributed by atoms with Crippen LogP contribution < -0.4 is 10.6 Å².